The Hall–Kier alpha value is -2.19. The predicted molar refractivity (Wildman–Crippen MR) is 108 cm³/mol. The highest BCUT2D eigenvalue weighted by Gasteiger charge is 2.33. The fourth-order valence-electron chi connectivity index (χ4n) is 3.19. The molecule has 1 aliphatic rings. The highest BCUT2D eigenvalue weighted by atomic mass is 35.5. The molecule has 156 valence electrons. The first-order valence-corrected chi connectivity index (χ1v) is 9.68. The molecule has 10 heteroatoms. The second kappa shape index (κ2) is 8.67. The number of nitrogens with zero attached hydrogens (tertiary/aromatic N) is 3. The molecule has 29 heavy (non-hydrogen) atoms. The van der Waals surface area contributed by atoms with Gasteiger partial charge in [-0.05, 0) is 43.2 Å². The number of carbonyl (C=O) groups is 1. The van der Waals surface area contributed by atoms with Gasteiger partial charge in [0.25, 0.3) is 0 Å². The number of benzene rings is 1. The van der Waals surface area contributed by atoms with E-state index in [1.54, 1.807) is 36.2 Å². The molecule has 1 aromatic heterocycles. The molecule has 0 bridgehead atoms. The van der Waals surface area contributed by atoms with Crippen LogP contribution in [0.5, 0.6) is 0 Å². The number of halogens is 5. The molecule has 0 spiro atoms. The SMILES string of the molecule is CN(C(=O)Nc1ccc(Cl)cc1)C1CCN(c2ncc(C(F)(F)F)cc2Cl)CC1. The third kappa shape index (κ3) is 5.25. The monoisotopic (exact) mass is 446 g/mol. The second-order valence-corrected chi connectivity index (χ2v) is 7.64. The van der Waals surface area contributed by atoms with Crippen molar-refractivity contribution in [1.82, 2.24) is 9.88 Å². The van der Waals surface area contributed by atoms with Crippen LogP contribution in [-0.2, 0) is 6.18 Å². The minimum absolute atomic E-state index is 0.00762. The van der Waals surface area contributed by atoms with Crippen LogP contribution in [0.25, 0.3) is 0 Å². The zero-order valence-electron chi connectivity index (χ0n) is 15.5. The zero-order valence-corrected chi connectivity index (χ0v) is 17.0. The summed E-state index contributed by atoms with van der Waals surface area (Å²) in [7, 11) is 1.72. The van der Waals surface area contributed by atoms with Crippen LogP contribution in [-0.4, -0.2) is 42.1 Å². The number of aromatic nitrogens is 1. The van der Waals surface area contributed by atoms with E-state index in [0.29, 0.717) is 42.5 Å². The Bertz CT molecular complexity index is 869. The molecular weight excluding hydrogens is 428 g/mol. The lowest BCUT2D eigenvalue weighted by molar-refractivity contribution is -0.137. The predicted octanol–water partition coefficient (Wildman–Crippen LogP) is 5.54. The number of pyridine rings is 1. The topological polar surface area (TPSA) is 48.5 Å². The third-order valence-electron chi connectivity index (χ3n) is 4.88. The van der Waals surface area contributed by atoms with Gasteiger partial charge in [0, 0.05) is 43.1 Å². The average Bonchev–Trinajstić information content (AvgIpc) is 2.68. The first-order chi connectivity index (χ1) is 13.6. The van der Waals surface area contributed by atoms with Crippen molar-refractivity contribution in [1.29, 1.82) is 0 Å². The highest BCUT2D eigenvalue weighted by Crippen LogP contribution is 2.34. The van der Waals surface area contributed by atoms with Crippen molar-refractivity contribution in [3.63, 3.8) is 0 Å². The Morgan fingerprint density at radius 3 is 2.38 bits per heavy atom. The number of hydrogen-bond donors (Lipinski definition) is 1. The van der Waals surface area contributed by atoms with Gasteiger partial charge in [0.2, 0.25) is 0 Å². The highest BCUT2D eigenvalue weighted by molar-refractivity contribution is 6.33. The minimum Gasteiger partial charge on any atom is -0.355 e. The summed E-state index contributed by atoms with van der Waals surface area (Å²) in [5.41, 5.74) is -0.232. The van der Waals surface area contributed by atoms with Crippen LogP contribution in [0.4, 0.5) is 29.5 Å². The number of urea groups is 1. The maximum atomic E-state index is 12.8. The van der Waals surface area contributed by atoms with Crippen LogP contribution >= 0.6 is 23.2 Å². The molecule has 0 atom stereocenters. The van der Waals surface area contributed by atoms with Gasteiger partial charge in [-0.25, -0.2) is 9.78 Å². The van der Waals surface area contributed by atoms with Crippen molar-refractivity contribution in [2.45, 2.75) is 25.1 Å². The normalized spacial score (nSPS) is 15.3. The molecule has 1 aliphatic heterocycles. The smallest absolute Gasteiger partial charge is 0.355 e. The maximum absolute atomic E-state index is 12.8. The number of nitrogens with one attached hydrogen (secondary N) is 1. The molecule has 3 rings (SSSR count). The van der Waals surface area contributed by atoms with Crippen molar-refractivity contribution in [2.75, 3.05) is 30.4 Å². The van der Waals surface area contributed by atoms with Gasteiger partial charge in [0.05, 0.1) is 10.6 Å². The van der Waals surface area contributed by atoms with Crippen LogP contribution in [0.2, 0.25) is 10.0 Å². The van der Waals surface area contributed by atoms with Crippen molar-refractivity contribution in [3.8, 4) is 0 Å². The summed E-state index contributed by atoms with van der Waals surface area (Å²) in [6.45, 7) is 1.06. The van der Waals surface area contributed by atoms with E-state index in [-0.39, 0.29) is 17.1 Å². The molecule has 2 amide bonds. The van der Waals surface area contributed by atoms with E-state index in [9.17, 15) is 18.0 Å². The van der Waals surface area contributed by atoms with E-state index in [1.165, 1.54) is 0 Å². The van der Waals surface area contributed by atoms with E-state index >= 15 is 0 Å². The molecule has 1 saturated heterocycles. The van der Waals surface area contributed by atoms with Crippen LogP contribution in [0.1, 0.15) is 18.4 Å². The largest absolute Gasteiger partial charge is 0.417 e. The van der Waals surface area contributed by atoms with Gasteiger partial charge in [0.15, 0.2) is 0 Å². The molecule has 0 radical (unpaired) electrons. The minimum atomic E-state index is -4.48. The summed E-state index contributed by atoms with van der Waals surface area (Å²) < 4.78 is 38.3. The molecule has 5 nitrogen and oxygen atoms in total. The Balaban J connectivity index is 1.58. The standard InChI is InChI=1S/C19H19Cl2F3N4O/c1-27(18(29)26-14-4-2-13(20)3-5-14)15-6-8-28(9-7-15)17-16(21)10-12(11-25-17)19(22,23)24/h2-5,10-11,15H,6-9H2,1H3,(H,26,29). The third-order valence-corrected chi connectivity index (χ3v) is 5.41. The van der Waals surface area contributed by atoms with Gasteiger partial charge < -0.3 is 15.1 Å². The van der Waals surface area contributed by atoms with Crippen molar-refractivity contribution >= 4 is 40.7 Å². The van der Waals surface area contributed by atoms with Crippen LogP contribution in [0.3, 0.4) is 0 Å². The van der Waals surface area contributed by atoms with Gasteiger partial charge in [-0.2, -0.15) is 13.2 Å². The Labute approximate surface area is 176 Å². The number of anilines is 2. The van der Waals surface area contributed by atoms with Crippen molar-refractivity contribution in [3.05, 3.63) is 52.1 Å². The molecule has 0 saturated carbocycles. The molecule has 2 heterocycles. The number of hydrogen-bond acceptors (Lipinski definition) is 3. The number of piperidine rings is 1. The first-order valence-electron chi connectivity index (χ1n) is 8.92. The van der Waals surface area contributed by atoms with Gasteiger partial charge in [-0.1, -0.05) is 23.2 Å². The van der Waals surface area contributed by atoms with Gasteiger partial charge in [-0.3, -0.25) is 0 Å². The fraction of sp³-hybridized carbons (Fsp3) is 0.368. The summed E-state index contributed by atoms with van der Waals surface area (Å²) >= 11 is 11.9. The molecule has 0 unspecified atom stereocenters. The first kappa shape index (κ1) is 21.5. The summed E-state index contributed by atoms with van der Waals surface area (Å²) in [5.74, 6) is 0.325. The van der Waals surface area contributed by atoms with Crippen molar-refractivity contribution < 1.29 is 18.0 Å². The number of carbonyl (C=O) groups excluding carboxylic acids is 1. The van der Waals surface area contributed by atoms with Crippen LogP contribution in [0, 0.1) is 0 Å². The summed E-state index contributed by atoms with van der Waals surface area (Å²) in [6, 6.07) is 7.46. The molecular formula is C19H19Cl2F3N4O. The van der Waals surface area contributed by atoms with E-state index in [4.69, 9.17) is 23.2 Å². The van der Waals surface area contributed by atoms with Gasteiger partial charge in [-0.15, -0.1) is 0 Å². The Morgan fingerprint density at radius 1 is 1.21 bits per heavy atom. The zero-order chi connectivity index (χ0) is 21.2. The summed E-state index contributed by atoms with van der Waals surface area (Å²) in [5, 5.41) is 3.36. The lowest BCUT2D eigenvalue weighted by Crippen LogP contribution is -2.47. The Morgan fingerprint density at radius 2 is 1.83 bits per heavy atom. The van der Waals surface area contributed by atoms with Gasteiger partial charge in [0.1, 0.15) is 5.82 Å². The average molecular weight is 447 g/mol. The second-order valence-electron chi connectivity index (χ2n) is 6.79. The Kier molecular flexibility index (Phi) is 6.43. The summed E-state index contributed by atoms with van der Waals surface area (Å²) in [6.07, 6.45) is -2.41. The maximum Gasteiger partial charge on any atom is 0.417 e. The van der Waals surface area contributed by atoms with Crippen molar-refractivity contribution in [2.24, 2.45) is 0 Å². The molecule has 0 aliphatic carbocycles. The van der Waals surface area contributed by atoms with E-state index < -0.39 is 11.7 Å². The molecule has 2 aromatic rings. The van der Waals surface area contributed by atoms with Crippen LogP contribution < -0.4 is 10.2 Å². The number of amides is 2. The van der Waals surface area contributed by atoms with Gasteiger partial charge >= 0.3 is 12.2 Å². The van der Waals surface area contributed by atoms with E-state index in [1.807, 2.05) is 4.90 Å². The number of alkyl halides is 3. The van der Waals surface area contributed by atoms with E-state index in [0.717, 1.165) is 12.3 Å². The fourth-order valence-corrected chi connectivity index (χ4v) is 3.61. The number of rotatable bonds is 3. The lowest BCUT2D eigenvalue weighted by Gasteiger charge is -2.37. The molecule has 1 fully saturated rings. The molecule has 1 aromatic carbocycles. The summed E-state index contributed by atoms with van der Waals surface area (Å²) in [4.78, 5) is 19.8. The molecule has 1 N–H and O–H groups in total. The van der Waals surface area contributed by atoms with E-state index in [2.05, 4.69) is 10.3 Å². The van der Waals surface area contributed by atoms with Crippen LogP contribution in [0.15, 0.2) is 36.5 Å². The lowest BCUT2D eigenvalue weighted by atomic mass is 10.0. The quantitative estimate of drug-likeness (QED) is 0.672.